The zero-order valence-corrected chi connectivity index (χ0v) is 13.8. The van der Waals surface area contributed by atoms with Crippen LogP contribution < -0.4 is 0 Å². The van der Waals surface area contributed by atoms with E-state index in [9.17, 15) is 9.59 Å². The third-order valence-electron chi connectivity index (χ3n) is 3.66. The SMILES string of the molecule is COC(=O)c1ccc2c(C3CC3)nn(C(=O)OC(C)(C)C)c2c1. The highest BCUT2D eigenvalue weighted by Crippen LogP contribution is 2.42. The monoisotopic (exact) mass is 316 g/mol. The van der Waals surface area contributed by atoms with E-state index in [2.05, 4.69) is 5.10 Å². The molecule has 1 heterocycles. The Hall–Kier alpha value is -2.37. The zero-order chi connectivity index (χ0) is 16.8. The molecule has 1 aliphatic rings. The fourth-order valence-electron chi connectivity index (χ4n) is 2.49. The molecule has 0 spiro atoms. The van der Waals surface area contributed by atoms with Gasteiger partial charge in [-0.2, -0.15) is 9.78 Å². The molecule has 1 aliphatic carbocycles. The number of carbonyl (C=O) groups excluding carboxylic acids is 2. The molecule has 23 heavy (non-hydrogen) atoms. The summed E-state index contributed by atoms with van der Waals surface area (Å²) in [4.78, 5) is 24.2. The lowest BCUT2D eigenvalue weighted by atomic mass is 10.1. The summed E-state index contributed by atoms with van der Waals surface area (Å²) in [7, 11) is 1.33. The molecule has 0 saturated heterocycles. The molecular weight excluding hydrogens is 296 g/mol. The summed E-state index contributed by atoms with van der Waals surface area (Å²) in [5, 5.41) is 5.33. The molecular formula is C17H20N2O4. The molecule has 2 aromatic rings. The van der Waals surface area contributed by atoms with Crippen molar-refractivity contribution in [2.24, 2.45) is 0 Å². The second kappa shape index (κ2) is 5.37. The molecule has 0 N–H and O–H groups in total. The van der Waals surface area contributed by atoms with Crippen molar-refractivity contribution in [1.29, 1.82) is 0 Å². The van der Waals surface area contributed by atoms with E-state index in [-0.39, 0.29) is 0 Å². The molecule has 6 nitrogen and oxygen atoms in total. The van der Waals surface area contributed by atoms with Gasteiger partial charge in [0.15, 0.2) is 0 Å². The molecule has 1 aromatic carbocycles. The van der Waals surface area contributed by atoms with Crippen LogP contribution in [0.1, 0.15) is 55.6 Å². The van der Waals surface area contributed by atoms with Crippen LogP contribution in [0.4, 0.5) is 4.79 Å². The van der Waals surface area contributed by atoms with Crippen molar-refractivity contribution < 1.29 is 19.1 Å². The van der Waals surface area contributed by atoms with Crippen molar-refractivity contribution in [3.05, 3.63) is 29.5 Å². The maximum atomic E-state index is 12.4. The fraction of sp³-hybridized carbons (Fsp3) is 0.471. The van der Waals surface area contributed by atoms with Crippen LogP contribution in [-0.4, -0.2) is 34.6 Å². The highest BCUT2D eigenvalue weighted by molar-refractivity contribution is 5.97. The van der Waals surface area contributed by atoms with E-state index in [1.54, 1.807) is 32.9 Å². The summed E-state index contributed by atoms with van der Waals surface area (Å²) >= 11 is 0. The van der Waals surface area contributed by atoms with Crippen molar-refractivity contribution >= 4 is 23.0 Å². The van der Waals surface area contributed by atoms with E-state index in [4.69, 9.17) is 9.47 Å². The Kier molecular flexibility index (Phi) is 3.62. The quantitative estimate of drug-likeness (QED) is 0.793. The van der Waals surface area contributed by atoms with Crippen molar-refractivity contribution in [3.63, 3.8) is 0 Å². The Labute approximate surface area is 134 Å². The summed E-state index contributed by atoms with van der Waals surface area (Å²) < 4.78 is 11.4. The number of methoxy groups -OCH3 is 1. The molecule has 0 unspecified atom stereocenters. The normalized spacial score (nSPS) is 14.8. The van der Waals surface area contributed by atoms with E-state index in [0.717, 1.165) is 23.9 Å². The Morgan fingerprint density at radius 1 is 1.26 bits per heavy atom. The molecule has 1 saturated carbocycles. The highest BCUT2D eigenvalue weighted by Gasteiger charge is 2.31. The second-order valence-electron chi connectivity index (χ2n) is 6.78. The summed E-state index contributed by atoms with van der Waals surface area (Å²) in [5.41, 5.74) is 1.23. The second-order valence-corrected chi connectivity index (χ2v) is 6.78. The predicted octanol–water partition coefficient (Wildman–Crippen LogP) is 3.48. The highest BCUT2D eigenvalue weighted by atomic mass is 16.6. The Balaban J connectivity index is 2.11. The van der Waals surface area contributed by atoms with Crippen LogP contribution in [0.2, 0.25) is 0 Å². The van der Waals surface area contributed by atoms with Gasteiger partial charge in [-0.25, -0.2) is 9.59 Å². The minimum absolute atomic E-state index is 0.380. The number of ether oxygens (including phenoxy) is 2. The Morgan fingerprint density at radius 3 is 2.52 bits per heavy atom. The summed E-state index contributed by atoms with van der Waals surface area (Å²) in [6.07, 6.45) is 1.59. The number of hydrogen-bond donors (Lipinski definition) is 0. The van der Waals surface area contributed by atoms with E-state index < -0.39 is 17.7 Å². The number of carbonyl (C=O) groups is 2. The number of aromatic nitrogens is 2. The lowest BCUT2D eigenvalue weighted by molar-refractivity contribution is 0.0519. The first kappa shape index (κ1) is 15.5. The van der Waals surface area contributed by atoms with Gasteiger partial charge in [0.25, 0.3) is 0 Å². The number of benzene rings is 1. The summed E-state index contributed by atoms with van der Waals surface area (Å²) in [6, 6.07) is 5.15. The van der Waals surface area contributed by atoms with E-state index >= 15 is 0 Å². The van der Waals surface area contributed by atoms with Crippen LogP contribution in [-0.2, 0) is 9.47 Å². The minimum atomic E-state index is -0.616. The molecule has 0 atom stereocenters. The largest absolute Gasteiger partial charge is 0.465 e. The van der Waals surface area contributed by atoms with Gasteiger partial charge in [0.05, 0.1) is 23.9 Å². The number of esters is 1. The maximum Gasteiger partial charge on any atom is 0.435 e. The number of fused-ring (bicyclic) bond motifs is 1. The van der Waals surface area contributed by atoms with Gasteiger partial charge in [0, 0.05) is 11.3 Å². The lowest BCUT2D eigenvalue weighted by Crippen LogP contribution is -2.27. The van der Waals surface area contributed by atoms with Crippen LogP contribution in [0.5, 0.6) is 0 Å². The van der Waals surface area contributed by atoms with Crippen LogP contribution in [0, 0.1) is 0 Å². The van der Waals surface area contributed by atoms with Gasteiger partial charge in [-0.05, 0) is 45.7 Å². The maximum absolute atomic E-state index is 12.4. The van der Waals surface area contributed by atoms with Gasteiger partial charge in [0.2, 0.25) is 0 Å². The summed E-state index contributed by atoms with van der Waals surface area (Å²) in [5.74, 6) is -0.0676. The fourth-order valence-corrected chi connectivity index (χ4v) is 2.49. The molecule has 0 aliphatic heterocycles. The third kappa shape index (κ3) is 3.06. The van der Waals surface area contributed by atoms with Gasteiger partial charge in [-0.15, -0.1) is 0 Å². The topological polar surface area (TPSA) is 70.4 Å². The molecule has 0 amide bonds. The van der Waals surface area contributed by atoms with E-state index in [1.807, 2.05) is 6.07 Å². The molecule has 0 bridgehead atoms. The van der Waals surface area contributed by atoms with Crippen molar-refractivity contribution in [2.75, 3.05) is 7.11 Å². The molecule has 6 heteroatoms. The number of hydrogen-bond acceptors (Lipinski definition) is 5. The van der Waals surface area contributed by atoms with E-state index in [0.29, 0.717) is 17.0 Å². The van der Waals surface area contributed by atoms with E-state index in [1.165, 1.54) is 11.8 Å². The van der Waals surface area contributed by atoms with Gasteiger partial charge >= 0.3 is 12.1 Å². The Morgan fingerprint density at radius 2 is 1.96 bits per heavy atom. The third-order valence-corrected chi connectivity index (χ3v) is 3.66. The van der Waals surface area contributed by atoms with Crippen molar-refractivity contribution in [2.45, 2.75) is 45.1 Å². The lowest BCUT2D eigenvalue weighted by Gasteiger charge is -2.19. The minimum Gasteiger partial charge on any atom is -0.465 e. The predicted molar refractivity (Wildman–Crippen MR) is 84.7 cm³/mol. The van der Waals surface area contributed by atoms with Crippen LogP contribution in [0.3, 0.4) is 0 Å². The van der Waals surface area contributed by atoms with Crippen LogP contribution in [0.25, 0.3) is 10.9 Å². The molecule has 3 rings (SSSR count). The van der Waals surface area contributed by atoms with Gasteiger partial charge < -0.3 is 9.47 Å². The average molecular weight is 316 g/mol. The van der Waals surface area contributed by atoms with Gasteiger partial charge in [0.1, 0.15) is 5.60 Å². The van der Waals surface area contributed by atoms with Crippen LogP contribution >= 0.6 is 0 Å². The Bertz CT molecular complexity index is 782. The van der Waals surface area contributed by atoms with Gasteiger partial charge in [-0.3, -0.25) is 0 Å². The first-order chi connectivity index (χ1) is 10.8. The zero-order valence-electron chi connectivity index (χ0n) is 13.8. The first-order valence-corrected chi connectivity index (χ1v) is 7.64. The summed E-state index contributed by atoms with van der Waals surface area (Å²) in [6.45, 7) is 5.41. The standard InChI is InChI=1S/C17H20N2O4/c1-17(2,3)23-16(21)19-13-9-11(15(20)22-4)7-8-12(13)14(18-19)10-5-6-10/h7-10H,5-6H2,1-4H3. The van der Waals surface area contributed by atoms with Crippen molar-refractivity contribution in [3.8, 4) is 0 Å². The number of nitrogens with zero attached hydrogens (tertiary/aromatic N) is 2. The smallest absolute Gasteiger partial charge is 0.435 e. The molecule has 1 aromatic heterocycles. The molecule has 1 fully saturated rings. The first-order valence-electron chi connectivity index (χ1n) is 7.64. The molecule has 0 radical (unpaired) electrons. The molecule has 122 valence electrons. The number of rotatable bonds is 2. The van der Waals surface area contributed by atoms with Crippen LogP contribution in [0.15, 0.2) is 18.2 Å². The average Bonchev–Trinajstić information content (AvgIpc) is 3.24. The van der Waals surface area contributed by atoms with Gasteiger partial charge in [-0.1, -0.05) is 6.07 Å². The van der Waals surface area contributed by atoms with Crippen molar-refractivity contribution in [1.82, 2.24) is 9.78 Å².